The molecule has 0 amide bonds. The number of hydrogen-bond acceptors (Lipinski definition) is 4. The van der Waals surface area contributed by atoms with E-state index in [0.717, 1.165) is 47.3 Å². The Morgan fingerprint density at radius 2 is 0.862 bits per heavy atom. The van der Waals surface area contributed by atoms with E-state index < -0.39 is 0 Å². The summed E-state index contributed by atoms with van der Waals surface area (Å²) in [4.78, 5) is 24.7. The van der Waals surface area contributed by atoms with E-state index in [1.807, 2.05) is 0 Å². The minimum absolute atomic E-state index is 0.278. The summed E-state index contributed by atoms with van der Waals surface area (Å²) in [7, 11) is 0. The third-order valence-corrected chi connectivity index (χ3v) is 9.04. The van der Waals surface area contributed by atoms with Gasteiger partial charge in [-0.3, -0.25) is 0 Å². The van der Waals surface area contributed by atoms with Crippen LogP contribution in [-0.2, 0) is 9.47 Å². The van der Waals surface area contributed by atoms with Crippen LogP contribution >= 0.6 is 0 Å². The SMILES string of the molecule is O=C1OC[C@@H]2C[C@H]2[C@@H]2C[C@H]2[C@@H]2C[C@H]2[C@@H]2C[C@H]2[C@@H]2C[C@H]2COC(=O)c2ccc1cc2. The van der Waals surface area contributed by atoms with Crippen molar-refractivity contribution in [3.05, 3.63) is 35.4 Å². The zero-order valence-corrected chi connectivity index (χ0v) is 16.7. The van der Waals surface area contributed by atoms with E-state index in [2.05, 4.69) is 0 Å². The monoisotopic (exact) mass is 392 g/mol. The third-order valence-electron chi connectivity index (χ3n) is 9.04. The first-order chi connectivity index (χ1) is 14.2. The van der Waals surface area contributed by atoms with Gasteiger partial charge in [0.15, 0.2) is 0 Å². The van der Waals surface area contributed by atoms with Crippen LogP contribution in [0.15, 0.2) is 24.3 Å². The highest BCUT2D eigenvalue weighted by molar-refractivity contribution is 5.93. The predicted octanol–water partition coefficient (Wildman–Crippen LogP) is 4.19. The van der Waals surface area contributed by atoms with Crippen LogP contribution in [0.1, 0.15) is 52.8 Å². The highest BCUT2D eigenvalue weighted by Gasteiger charge is 2.66. The molecule has 5 fully saturated rings. The molecule has 0 radical (unpaired) electrons. The average Bonchev–Trinajstić information content (AvgIpc) is 3.56. The van der Waals surface area contributed by atoms with E-state index in [4.69, 9.17) is 9.47 Å². The van der Waals surface area contributed by atoms with Gasteiger partial charge in [-0.05, 0) is 116 Å². The van der Waals surface area contributed by atoms with E-state index in [9.17, 15) is 9.59 Å². The summed E-state index contributed by atoms with van der Waals surface area (Å²) >= 11 is 0. The van der Waals surface area contributed by atoms with E-state index in [-0.39, 0.29) is 11.9 Å². The summed E-state index contributed by atoms with van der Waals surface area (Å²) in [5.74, 6) is 7.99. The number of hydrogen-bond donors (Lipinski definition) is 0. The van der Waals surface area contributed by atoms with Gasteiger partial charge < -0.3 is 9.47 Å². The summed E-state index contributed by atoms with van der Waals surface area (Å²) in [6.45, 7) is 1.11. The molecule has 29 heavy (non-hydrogen) atoms. The Morgan fingerprint density at radius 3 is 1.24 bits per heavy atom. The van der Waals surface area contributed by atoms with Gasteiger partial charge in [0.05, 0.1) is 24.3 Å². The van der Waals surface area contributed by atoms with Crippen molar-refractivity contribution in [3.8, 4) is 0 Å². The standard InChI is InChI=1S/C25H28O4/c26-24-12-1-2-13(4-3-12)25(27)29-11-15-6-17(15)19-8-21(19)23-9-22(23)20-7-18(20)16-5-14(16)10-28-24/h1-4,14-23H,5-11H2/t14-,15-,16+,17+,18-,19-,20+,21+,22-,23-/m0/s1. The molecule has 2 bridgehead atoms. The number of carbonyl (C=O) groups is 2. The molecule has 4 nitrogen and oxygen atoms in total. The molecule has 7 aliphatic rings. The summed E-state index contributed by atoms with van der Waals surface area (Å²) in [5.41, 5.74) is 1.03. The maximum Gasteiger partial charge on any atom is 0.338 e. The van der Waals surface area contributed by atoms with Crippen molar-refractivity contribution >= 4 is 11.9 Å². The lowest BCUT2D eigenvalue weighted by molar-refractivity contribution is 0.0464. The normalized spacial score (nSPS) is 49.1. The van der Waals surface area contributed by atoms with Crippen LogP contribution in [0.4, 0.5) is 0 Å². The van der Waals surface area contributed by atoms with Crippen molar-refractivity contribution in [1.82, 2.24) is 0 Å². The smallest absolute Gasteiger partial charge is 0.338 e. The van der Waals surface area contributed by atoms with Crippen LogP contribution in [-0.4, -0.2) is 25.2 Å². The van der Waals surface area contributed by atoms with Gasteiger partial charge in [-0.1, -0.05) is 0 Å². The van der Waals surface area contributed by atoms with Gasteiger partial charge in [-0.15, -0.1) is 0 Å². The first-order valence-electron chi connectivity index (χ1n) is 11.6. The summed E-state index contributed by atoms with van der Waals surface area (Å²) in [5, 5.41) is 0. The lowest BCUT2D eigenvalue weighted by atomic mass is 10.1. The summed E-state index contributed by atoms with van der Waals surface area (Å²) < 4.78 is 11.2. The molecule has 2 heterocycles. The molecule has 1 aromatic carbocycles. The Labute approximate surface area is 171 Å². The number of esters is 2. The molecule has 2 aliphatic heterocycles. The molecule has 5 aliphatic carbocycles. The third kappa shape index (κ3) is 2.93. The fraction of sp³-hybridized carbons (Fsp3) is 0.680. The Bertz CT molecular complexity index is 804. The molecule has 0 aromatic heterocycles. The second kappa shape index (κ2) is 5.86. The van der Waals surface area contributed by atoms with Crippen LogP contribution in [0.25, 0.3) is 0 Å². The highest BCUT2D eigenvalue weighted by Crippen LogP contribution is 2.72. The van der Waals surface area contributed by atoms with Gasteiger partial charge >= 0.3 is 11.9 Å². The first-order valence-corrected chi connectivity index (χ1v) is 11.6. The average molecular weight is 392 g/mol. The van der Waals surface area contributed by atoms with Crippen molar-refractivity contribution in [2.24, 2.45) is 59.2 Å². The van der Waals surface area contributed by atoms with E-state index in [1.54, 1.807) is 24.3 Å². The van der Waals surface area contributed by atoms with Gasteiger partial charge in [-0.2, -0.15) is 0 Å². The first kappa shape index (κ1) is 16.9. The van der Waals surface area contributed by atoms with Crippen LogP contribution in [0.3, 0.4) is 0 Å². The second-order valence-corrected chi connectivity index (χ2v) is 10.8. The number of benzene rings is 1. The maximum absolute atomic E-state index is 12.3. The van der Waals surface area contributed by atoms with Crippen LogP contribution in [0, 0.1) is 59.2 Å². The molecule has 10 atom stereocenters. The Hall–Kier alpha value is -1.84. The summed E-state index contributed by atoms with van der Waals surface area (Å²) in [6.07, 6.45) is 6.81. The fourth-order valence-corrected chi connectivity index (χ4v) is 6.91. The Balaban J connectivity index is 1.07. The molecule has 4 heteroatoms. The molecular formula is C25H28O4. The zero-order chi connectivity index (χ0) is 19.3. The Kier molecular flexibility index (Phi) is 3.42. The minimum Gasteiger partial charge on any atom is -0.462 e. The number of carbonyl (C=O) groups excluding carboxylic acids is 2. The second-order valence-electron chi connectivity index (χ2n) is 10.8. The van der Waals surface area contributed by atoms with Crippen molar-refractivity contribution < 1.29 is 19.1 Å². The van der Waals surface area contributed by atoms with Crippen LogP contribution in [0.5, 0.6) is 0 Å². The predicted molar refractivity (Wildman–Crippen MR) is 105 cm³/mol. The molecule has 0 spiro atoms. The lowest BCUT2D eigenvalue weighted by Gasteiger charge is -2.07. The van der Waals surface area contributed by atoms with Crippen molar-refractivity contribution in [1.29, 1.82) is 0 Å². The quantitative estimate of drug-likeness (QED) is 0.621. The van der Waals surface area contributed by atoms with Gasteiger partial charge in [0, 0.05) is 0 Å². The number of ether oxygens (including phenoxy) is 2. The lowest BCUT2D eigenvalue weighted by Crippen LogP contribution is -2.11. The molecular weight excluding hydrogens is 364 g/mol. The van der Waals surface area contributed by atoms with E-state index in [1.165, 1.54) is 32.1 Å². The van der Waals surface area contributed by atoms with Gasteiger partial charge in [0.1, 0.15) is 0 Å². The van der Waals surface area contributed by atoms with Gasteiger partial charge in [0.2, 0.25) is 0 Å². The van der Waals surface area contributed by atoms with Crippen LogP contribution < -0.4 is 0 Å². The topological polar surface area (TPSA) is 52.6 Å². The van der Waals surface area contributed by atoms with Crippen LogP contribution in [0.2, 0.25) is 0 Å². The molecule has 8 rings (SSSR count). The molecule has 1 aromatic rings. The zero-order valence-electron chi connectivity index (χ0n) is 16.7. The highest BCUT2D eigenvalue weighted by atomic mass is 16.5. The maximum atomic E-state index is 12.3. The Morgan fingerprint density at radius 1 is 0.517 bits per heavy atom. The van der Waals surface area contributed by atoms with E-state index in [0.29, 0.717) is 36.2 Å². The molecule has 0 unspecified atom stereocenters. The summed E-state index contributed by atoms with van der Waals surface area (Å²) in [6, 6.07) is 6.72. The largest absolute Gasteiger partial charge is 0.462 e. The van der Waals surface area contributed by atoms with Crippen molar-refractivity contribution in [3.63, 3.8) is 0 Å². The van der Waals surface area contributed by atoms with E-state index >= 15 is 0 Å². The minimum atomic E-state index is -0.278. The van der Waals surface area contributed by atoms with Gasteiger partial charge in [0.25, 0.3) is 0 Å². The molecule has 152 valence electrons. The van der Waals surface area contributed by atoms with Crippen molar-refractivity contribution in [2.75, 3.05) is 13.2 Å². The number of fused-ring (bicyclic) bond motifs is 6. The van der Waals surface area contributed by atoms with Gasteiger partial charge in [-0.25, -0.2) is 9.59 Å². The molecule has 5 saturated carbocycles. The number of rotatable bonds is 0. The molecule has 0 saturated heterocycles. The fourth-order valence-electron chi connectivity index (χ4n) is 6.91. The van der Waals surface area contributed by atoms with Crippen molar-refractivity contribution in [2.45, 2.75) is 32.1 Å². The molecule has 0 N–H and O–H groups in total.